The van der Waals surface area contributed by atoms with Crippen LogP contribution in [0.5, 0.6) is 5.75 Å². The van der Waals surface area contributed by atoms with E-state index in [9.17, 15) is 9.36 Å². The molecule has 0 saturated carbocycles. The van der Waals surface area contributed by atoms with E-state index in [2.05, 4.69) is 20.3 Å². The van der Waals surface area contributed by atoms with Crippen LogP contribution in [0.15, 0.2) is 36.9 Å². The number of carbonyl (C=O) groups excluding carboxylic acids is 1. The normalized spacial score (nSPS) is 13.5. The standard InChI is InChI=1S/C21H28N6O5P/c1-13(2)31-21(28)15(4)26-16-7-5-6-8-17(16)32-33(29)12-30-14(3)9-27-11-25-18-19(22)23-10-24-20(18)27/h5-8,10-11,13-15,26H,9,12H2,1-4H3,(H2,22,23,24)/q+1/t14?,15-/m0/s1. The average molecular weight is 475 g/mol. The number of benzene rings is 1. The van der Waals surface area contributed by atoms with Crippen LogP contribution in [-0.2, 0) is 25.4 Å². The van der Waals surface area contributed by atoms with Crippen molar-refractivity contribution in [2.75, 3.05) is 17.4 Å². The zero-order valence-corrected chi connectivity index (χ0v) is 19.9. The Hall–Kier alpha value is -3.30. The molecular weight excluding hydrogens is 447 g/mol. The van der Waals surface area contributed by atoms with Gasteiger partial charge in [0.05, 0.1) is 30.8 Å². The van der Waals surface area contributed by atoms with Crippen LogP contribution in [0, 0.1) is 0 Å². The predicted molar refractivity (Wildman–Crippen MR) is 124 cm³/mol. The van der Waals surface area contributed by atoms with Gasteiger partial charge in [0, 0.05) is 0 Å². The maximum Gasteiger partial charge on any atom is 0.585 e. The molecule has 3 rings (SSSR count). The Balaban J connectivity index is 1.54. The lowest BCUT2D eigenvalue weighted by Gasteiger charge is -2.17. The van der Waals surface area contributed by atoms with Gasteiger partial charge in [-0.05, 0) is 44.4 Å². The fourth-order valence-corrected chi connectivity index (χ4v) is 3.79. The van der Waals surface area contributed by atoms with Gasteiger partial charge in [-0.15, -0.1) is 0 Å². The van der Waals surface area contributed by atoms with Gasteiger partial charge in [-0.1, -0.05) is 12.1 Å². The van der Waals surface area contributed by atoms with Crippen molar-refractivity contribution in [2.24, 2.45) is 0 Å². The highest BCUT2D eigenvalue weighted by molar-refractivity contribution is 7.39. The van der Waals surface area contributed by atoms with Crippen molar-refractivity contribution >= 4 is 36.7 Å². The van der Waals surface area contributed by atoms with Gasteiger partial charge < -0.3 is 25.1 Å². The van der Waals surface area contributed by atoms with Gasteiger partial charge in [0.1, 0.15) is 17.9 Å². The number of hydrogen-bond donors (Lipinski definition) is 2. The molecule has 3 atom stereocenters. The van der Waals surface area contributed by atoms with E-state index >= 15 is 0 Å². The number of anilines is 2. The molecule has 11 nitrogen and oxygen atoms in total. The van der Waals surface area contributed by atoms with Gasteiger partial charge in [0.2, 0.25) is 5.75 Å². The molecule has 0 radical (unpaired) electrons. The maximum atomic E-state index is 12.5. The van der Waals surface area contributed by atoms with E-state index in [1.54, 1.807) is 55.9 Å². The zero-order chi connectivity index (χ0) is 24.0. The molecule has 176 valence electrons. The highest BCUT2D eigenvalue weighted by Gasteiger charge is 2.25. The molecule has 0 aliphatic heterocycles. The van der Waals surface area contributed by atoms with Gasteiger partial charge in [0.15, 0.2) is 11.5 Å². The van der Waals surface area contributed by atoms with Gasteiger partial charge in [-0.3, -0.25) is 4.52 Å². The number of imidazole rings is 1. The minimum atomic E-state index is -2.16. The molecule has 0 spiro atoms. The van der Waals surface area contributed by atoms with E-state index in [0.29, 0.717) is 35.0 Å². The molecular formula is C21H28N6O5P+. The van der Waals surface area contributed by atoms with Crippen molar-refractivity contribution in [1.82, 2.24) is 19.5 Å². The van der Waals surface area contributed by atoms with Crippen molar-refractivity contribution in [2.45, 2.75) is 52.5 Å². The molecule has 2 aromatic heterocycles. The summed E-state index contributed by atoms with van der Waals surface area (Å²) in [4.78, 5) is 24.4. The number of esters is 1. The average Bonchev–Trinajstić information content (AvgIpc) is 3.17. The van der Waals surface area contributed by atoms with Crippen LogP contribution in [0.3, 0.4) is 0 Å². The Labute approximate surface area is 192 Å². The molecule has 0 aliphatic carbocycles. The molecule has 0 saturated heterocycles. The topological polar surface area (TPSA) is 143 Å². The highest BCUT2D eigenvalue weighted by atomic mass is 31.1. The number of ether oxygens (including phenoxy) is 2. The second kappa shape index (κ2) is 11.0. The van der Waals surface area contributed by atoms with E-state index in [1.807, 2.05) is 6.92 Å². The summed E-state index contributed by atoms with van der Waals surface area (Å²) in [7, 11) is -2.16. The lowest BCUT2D eigenvalue weighted by atomic mass is 10.2. The predicted octanol–water partition coefficient (Wildman–Crippen LogP) is 3.34. The van der Waals surface area contributed by atoms with Crippen LogP contribution < -0.4 is 15.6 Å². The number of nitrogens with zero attached hydrogens (tertiary/aromatic N) is 4. The molecule has 3 N–H and O–H groups in total. The summed E-state index contributed by atoms with van der Waals surface area (Å²) in [5, 5.41) is 3.04. The Bertz CT molecular complexity index is 1120. The summed E-state index contributed by atoms with van der Waals surface area (Å²) in [6.45, 7) is 7.53. The molecule has 3 aromatic rings. The second-order valence-corrected chi connectivity index (χ2v) is 8.81. The van der Waals surface area contributed by atoms with Crippen molar-refractivity contribution < 1.29 is 23.4 Å². The summed E-state index contributed by atoms with van der Waals surface area (Å²) in [5.41, 5.74) is 7.46. The minimum absolute atomic E-state index is 0.112. The molecule has 2 unspecified atom stereocenters. The third kappa shape index (κ3) is 6.59. The Morgan fingerprint density at radius 2 is 1.94 bits per heavy atom. The lowest BCUT2D eigenvalue weighted by molar-refractivity contribution is -0.147. The first-order chi connectivity index (χ1) is 15.7. The summed E-state index contributed by atoms with van der Waals surface area (Å²) >= 11 is 0. The van der Waals surface area contributed by atoms with E-state index in [4.69, 9.17) is 19.7 Å². The minimum Gasteiger partial charge on any atom is -0.461 e. The Kier molecular flexibility index (Phi) is 8.13. The van der Waals surface area contributed by atoms with Gasteiger partial charge in [0.25, 0.3) is 6.35 Å². The molecule has 0 fully saturated rings. The highest BCUT2D eigenvalue weighted by Crippen LogP contribution is 2.33. The summed E-state index contributed by atoms with van der Waals surface area (Å²) in [5.74, 6) is 0.273. The fraction of sp³-hybridized carbons (Fsp3) is 0.429. The van der Waals surface area contributed by atoms with Gasteiger partial charge in [-0.25, -0.2) is 19.7 Å². The summed E-state index contributed by atoms with van der Waals surface area (Å²) in [6.07, 6.45) is 2.37. The number of fused-ring (bicyclic) bond motifs is 1. The van der Waals surface area contributed by atoms with Gasteiger partial charge >= 0.3 is 14.0 Å². The van der Waals surface area contributed by atoms with Crippen LogP contribution in [0.25, 0.3) is 11.2 Å². The molecule has 0 aliphatic rings. The number of nitrogens with two attached hydrogens (primary N) is 1. The maximum absolute atomic E-state index is 12.5. The van der Waals surface area contributed by atoms with Gasteiger partial charge in [-0.2, -0.15) is 0 Å². The van der Waals surface area contributed by atoms with Crippen molar-refractivity contribution in [3.63, 3.8) is 0 Å². The van der Waals surface area contributed by atoms with Crippen LogP contribution in [0.1, 0.15) is 27.7 Å². The summed E-state index contributed by atoms with van der Waals surface area (Å²) < 4.78 is 30.8. The number of carbonyl (C=O) groups is 1. The zero-order valence-electron chi connectivity index (χ0n) is 19.0. The number of nitrogens with one attached hydrogen (secondary N) is 1. The first kappa shape index (κ1) is 24.3. The number of rotatable bonds is 11. The smallest absolute Gasteiger partial charge is 0.461 e. The Morgan fingerprint density at radius 3 is 2.70 bits per heavy atom. The molecule has 0 bridgehead atoms. The third-order valence-corrected chi connectivity index (χ3v) is 5.27. The molecule has 1 aromatic carbocycles. The van der Waals surface area contributed by atoms with Crippen LogP contribution >= 0.6 is 8.03 Å². The van der Waals surface area contributed by atoms with E-state index in [1.165, 1.54) is 6.33 Å². The quantitative estimate of drug-likeness (QED) is 0.313. The number of nitrogen functional groups attached to an aromatic ring is 1. The van der Waals surface area contributed by atoms with Crippen LogP contribution in [-0.4, -0.2) is 50.1 Å². The lowest BCUT2D eigenvalue weighted by Crippen LogP contribution is -2.30. The Morgan fingerprint density at radius 1 is 1.18 bits per heavy atom. The van der Waals surface area contributed by atoms with Crippen LogP contribution in [0.4, 0.5) is 11.5 Å². The third-order valence-electron chi connectivity index (χ3n) is 4.51. The van der Waals surface area contributed by atoms with Crippen molar-refractivity contribution in [3.8, 4) is 5.75 Å². The first-order valence-electron chi connectivity index (χ1n) is 10.5. The molecule has 2 heterocycles. The molecule has 12 heteroatoms. The van der Waals surface area contributed by atoms with E-state index in [-0.39, 0.29) is 24.5 Å². The van der Waals surface area contributed by atoms with E-state index < -0.39 is 14.1 Å². The van der Waals surface area contributed by atoms with Crippen molar-refractivity contribution in [3.05, 3.63) is 36.9 Å². The van der Waals surface area contributed by atoms with E-state index in [0.717, 1.165) is 0 Å². The monoisotopic (exact) mass is 475 g/mol. The number of para-hydroxylation sites is 2. The molecule has 0 amide bonds. The largest absolute Gasteiger partial charge is 0.585 e. The first-order valence-corrected chi connectivity index (χ1v) is 11.8. The molecule has 33 heavy (non-hydrogen) atoms. The van der Waals surface area contributed by atoms with Crippen LogP contribution in [0.2, 0.25) is 0 Å². The second-order valence-electron chi connectivity index (χ2n) is 7.71. The van der Waals surface area contributed by atoms with Crippen molar-refractivity contribution in [1.29, 1.82) is 0 Å². The SMILES string of the molecule is CC(C)OC(=O)[C@H](C)Nc1ccccc1O[P+](=O)COC(C)Cn1cnc2c(N)ncnc21. The number of hydrogen-bond acceptors (Lipinski definition) is 10. The fourth-order valence-electron chi connectivity index (χ4n) is 2.98. The number of aromatic nitrogens is 4. The summed E-state index contributed by atoms with van der Waals surface area (Å²) in [6, 6.07) is 6.34.